The topological polar surface area (TPSA) is 64.7 Å². The zero-order valence-corrected chi connectivity index (χ0v) is 16.3. The van der Waals surface area contributed by atoms with Crippen LogP contribution < -0.4 is 10.6 Å². The number of para-hydroxylation sites is 1. The highest BCUT2D eigenvalue weighted by Gasteiger charge is 2.34. The number of thioether (sulfide) groups is 1. The molecule has 0 radical (unpaired) electrons. The molecular weight excluding hydrogens is 372 g/mol. The number of nitrogens with one attached hydrogen (secondary N) is 2. The van der Waals surface area contributed by atoms with Crippen LogP contribution in [0.4, 0.5) is 5.69 Å². The maximum atomic E-state index is 12.7. The van der Waals surface area contributed by atoms with E-state index in [-0.39, 0.29) is 35.9 Å². The molecule has 2 saturated heterocycles. The van der Waals surface area contributed by atoms with Crippen LogP contribution in [0.5, 0.6) is 0 Å². The van der Waals surface area contributed by atoms with E-state index in [2.05, 4.69) is 15.5 Å². The van der Waals surface area contributed by atoms with E-state index >= 15 is 0 Å². The molecule has 0 spiro atoms. The normalized spacial score (nSPS) is 26.0. The first kappa shape index (κ1) is 19.5. The zero-order valence-electron chi connectivity index (χ0n) is 14.6. The molecule has 8 heteroatoms. The van der Waals surface area contributed by atoms with E-state index in [0.29, 0.717) is 6.04 Å². The van der Waals surface area contributed by atoms with E-state index < -0.39 is 0 Å². The van der Waals surface area contributed by atoms with Crippen LogP contribution in [0, 0.1) is 0 Å². The highest BCUT2D eigenvalue weighted by atomic mass is 35.5. The number of carbonyl (C=O) groups is 2. The Kier molecular flexibility index (Phi) is 6.45. The maximum absolute atomic E-state index is 12.7. The molecule has 0 bridgehead atoms. The van der Waals surface area contributed by atoms with E-state index in [9.17, 15) is 9.59 Å². The average Bonchev–Trinajstić information content (AvgIpc) is 3.13. The van der Waals surface area contributed by atoms with Gasteiger partial charge in [0, 0.05) is 56.6 Å². The van der Waals surface area contributed by atoms with Gasteiger partial charge in [0.2, 0.25) is 11.8 Å². The Hall–Kier alpha value is -1.28. The highest BCUT2D eigenvalue weighted by Crippen LogP contribution is 2.37. The molecule has 3 heterocycles. The first-order valence-electron chi connectivity index (χ1n) is 9.00. The summed E-state index contributed by atoms with van der Waals surface area (Å²) < 4.78 is 0. The smallest absolute Gasteiger partial charge is 0.238 e. The molecule has 2 atom stereocenters. The molecule has 26 heavy (non-hydrogen) atoms. The number of rotatable bonds is 3. The fraction of sp³-hybridized carbons (Fsp3) is 0.556. The Labute approximate surface area is 164 Å². The number of hydrogen-bond donors (Lipinski definition) is 2. The minimum Gasteiger partial charge on any atom is -0.341 e. The van der Waals surface area contributed by atoms with Crippen LogP contribution in [-0.4, -0.2) is 72.2 Å². The van der Waals surface area contributed by atoms with Crippen molar-refractivity contribution < 1.29 is 9.59 Å². The van der Waals surface area contributed by atoms with Gasteiger partial charge in [0.1, 0.15) is 0 Å². The number of likely N-dealkylation sites (tertiary alicyclic amines) is 1. The number of nitrogens with zero attached hydrogens (tertiary/aromatic N) is 2. The second-order valence-electron chi connectivity index (χ2n) is 6.86. The number of hydrogen-bond acceptors (Lipinski definition) is 5. The lowest BCUT2D eigenvalue weighted by molar-refractivity contribution is -0.131. The monoisotopic (exact) mass is 396 g/mol. The molecule has 2 N–H and O–H groups in total. The molecule has 0 aliphatic carbocycles. The van der Waals surface area contributed by atoms with Gasteiger partial charge >= 0.3 is 0 Å². The van der Waals surface area contributed by atoms with Crippen molar-refractivity contribution in [1.82, 2.24) is 15.1 Å². The molecule has 2 fully saturated rings. The molecule has 2 unspecified atom stereocenters. The first-order chi connectivity index (χ1) is 12.2. The summed E-state index contributed by atoms with van der Waals surface area (Å²) in [6, 6.07) is 8.23. The molecular formula is C18H25ClN4O2S. The fourth-order valence-corrected chi connectivity index (χ4v) is 4.93. The third kappa shape index (κ3) is 4.17. The van der Waals surface area contributed by atoms with Gasteiger partial charge in [-0.1, -0.05) is 12.1 Å². The van der Waals surface area contributed by atoms with Gasteiger partial charge in [0.15, 0.2) is 0 Å². The Morgan fingerprint density at radius 2 is 1.96 bits per heavy atom. The Morgan fingerprint density at radius 3 is 2.77 bits per heavy atom. The number of anilines is 1. The van der Waals surface area contributed by atoms with Gasteiger partial charge in [0.05, 0.1) is 10.9 Å². The van der Waals surface area contributed by atoms with Crippen LogP contribution in [0.2, 0.25) is 0 Å². The van der Waals surface area contributed by atoms with Gasteiger partial charge in [-0.15, -0.1) is 24.2 Å². The maximum Gasteiger partial charge on any atom is 0.238 e. The van der Waals surface area contributed by atoms with E-state index in [1.165, 1.54) is 11.8 Å². The standard InChI is InChI=1S/C18H24N4O2S.ClH/c23-17(22-8-5-13(12-22)21-9-6-19-7-10-21)11-16-18(24)20-14-3-1-2-4-15(14)25-16;/h1-4,13,16,19H,5-12H2,(H,20,24);1H. The summed E-state index contributed by atoms with van der Waals surface area (Å²) in [6.07, 6.45) is 1.32. The SMILES string of the molecule is Cl.O=C1Nc2ccccc2SC1CC(=O)N1CCC(N2CCNCC2)C1. The summed E-state index contributed by atoms with van der Waals surface area (Å²) >= 11 is 1.50. The summed E-state index contributed by atoms with van der Waals surface area (Å²) in [4.78, 5) is 30.5. The number of halogens is 1. The highest BCUT2D eigenvalue weighted by molar-refractivity contribution is 8.01. The summed E-state index contributed by atoms with van der Waals surface area (Å²) in [5.74, 6) is 0.0413. The molecule has 1 aromatic carbocycles. The molecule has 4 rings (SSSR count). The van der Waals surface area contributed by atoms with E-state index in [1.54, 1.807) is 0 Å². The van der Waals surface area contributed by atoms with Crippen molar-refractivity contribution in [1.29, 1.82) is 0 Å². The fourth-order valence-electron chi connectivity index (χ4n) is 3.83. The van der Waals surface area contributed by atoms with Crippen molar-refractivity contribution in [2.45, 2.75) is 29.0 Å². The number of benzene rings is 1. The zero-order chi connectivity index (χ0) is 17.2. The molecule has 2 amide bonds. The van der Waals surface area contributed by atoms with Crippen molar-refractivity contribution in [2.75, 3.05) is 44.6 Å². The molecule has 3 aliphatic heterocycles. The van der Waals surface area contributed by atoms with Crippen molar-refractivity contribution in [3.8, 4) is 0 Å². The lowest BCUT2D eigenvalue weighted by Crippen LogP contribution is -2.49. The third-order valence-electron chi connectivity index (χ3n) is 5.25. The van der Waals surface area contributed by atoms with Gasteiger partial charge in [-0.3, -0.25) is 14.5 Å². The Balaban J connectivity index is 0.00000196. The Bertz CT molecular complexity index is 668. The lowest BCUT2D eigenvalue weighted by Gasteiger charge is -2.32. The molecule has 3 aliphatic rings. The van der Waals surface area contributed by atoms with E-state index in [1.807, 2.05) is 29.2 Å². The minimum absolute atomic E-state index is 0. The average molecular weight is 397 g/mol. The summed E-state index contributed by atoms with van der Waals surface area (Å²) in [6.45, 7) is 5.79. The molecule has 0 saturated carbocycles. The predicted octanol–water partition coefficient (Wildman–Crippen LogP) is 1.42. The first-order valence-corrected chi connectivity index (χ1v) is 9.88. The van der Waals surface area contributed by atoms with Gasteiger partial charge in [-0.25, -0.2) is 0 Å². The second kappa shape index (κ2) is 8.61. The van der Waals surface area contributed by atoms with E-state index in [4.69, 9.17) is 0 Å². The van der Waals surface area contributed by atoms with Gasteiger partial charge in [-0.2, -0.15) is 0 Å². The second-order valence-corrected chi connectivity index (χ2v) is 8.11. The van der Waals surface area contributed by atoms with Crippen molar-refractivity contribution in [3.05, 3.63) is 24.3 Å². The number of amides is 2. The molecule has 6 nitrogen and oxygen atoms in total. The van der Waals surface area contributed by atoms with Crippen LogP contribution in [0.3, 0.4) is 0 Å². The minimum atomic E-state index is -0.333. The lowest BCUT2D eigenvalue weighted by atomic mass is 10.2. The number of fused-ring (bicyclic) bond motifs is 1. The molecule has 0 aromatic heterocycles. The van der Waals surface area contributed by atoms with Crippen LogP contribution in [0.1, 0.15) is 12.8 Å². The van der Waals surface area contributed by atoms with Gasteiger partial charge in [-0.05, 0) is 18.6 Å². The van der Waals surface area contributed by atoms with Crippen molar-refractivity contribution in [3.63, 3.8) is 0 Å². The van der Waals surface area contributed by atoms with E-state index in [0.717, 1.165) is 56.3 Å². The van der Waals surface area contributed by atoms with Crippen LogP contribution in [0.25, 0.3) is 0 Å². The van der Waals surface area contributed by atoms with Gasteiger partial charge in [0.25, 0.3) is 0 Å². The third-order valence-corrected chi connectivity index (χ3v) is 6.53. The van der Waals surface area contributed by atoms with Crippen molar-refractivity contribution >= 4 is 41.7 Å². The molecule has 1 aromatic rings. The largest absolute Gasteiger partial charge is 0.341 e. The van der Waals surface area contributed by atoms with Crippen LogP contribution in [0.15, 0.2) is 29.2 Å². The summed E-state index contributed by atoms with van der Waals surface area (Å²) in [7, 11) is 0. The molecule has 142 valence electrons. The van der Waals surface area contributed by atoms with Crippen molar-refractivity contribution in [2.24, 2.45) is 0 Å². The Morgan fingerprint density at radius 1 is 1.19 bits per heavy atom. The summed E-state index contributed by atoms with van der Waals surface area (Å²) in [5.41, 5.74) is 0.848. The van der Waals surface area contributed by atoms with Crippen LogP contribution >= 0.6 is 24.2 Å². The number of piperazine rings is 1. The predicted molar refractivity (Wildman–Crippen MR) is 106 cm³/mol. The van der Waals surface area contributed by atoms with Gasteiger partial charge < -0.3 is 15.5 Å². The van der Waals surface area contributed by atoms with Crippen LogP contribution in [-0.2, 0) is 9.59 Å². The number of carbonyl (C=O) groups excluding carboxylic acids is 2. The quantitative estimate of drug-likeness (QED) is 0.809. The summed E-state index contributed by atoms with van der Waals surface area (Å²) in [5, 5.41) is 5.96.